The summed E-state index contributed by atoms with van der Waals surface area (Å²) in [6.45, 7) is 4.80. The Morgan fingerprint density at radius 2 is 2.09 bits per heavy atom. The third-order valence-electron chi connectivity index (χ3n) is 3.77. The zero-order chi connectivity index (χ0) is 16.8. The van der Waals surface area contributed by atoms with E-state index in [1.807, 2.05) is 36.9 Å². The Hall–Kier alpha value is -2.20. The highest BCUT2D eigenvalue weighted by atomic mass is 16.5. The van der Waals surface area contributed by atoms with Crippen molar-refractivity contribution in [3.05, 3.63) is 47.3 Å². The Balaban J connectivity index is 2.10. The monoisotopic (exact) mass is 314 g/mol. The lowest BCUT2D eigenvalue weighted by atomic mass is 10.1. The van der Waals surface area contributed by atoms with E-state index in [9.17, 15) is 5.11 Å². The molecule has 0 saturated heterocycles. The summed E-state index contributed by atoms with van der Waals surface area (Å²) in [5.74, 6) is 0. The van der Waals surface area contributed by atoms with E-state index in [2.05, 4.69) is 16.5 Å². The molecule has 2 unspecified atom stereocenters. The molecule has 0 aliphatic heterocycles. The second-order valence-electron chi connectivity index (χ2n) is 5.49. The topological polar surface area (TPSA) is 83.1 Å². The summed E-state index contributed by atoms with van der Waals surface area (Å²) in [5, 5.41) is 26.3. The molecule has 1 aromatic carbocycles. The van der Waals surface area contributed by atoms with Gasteiger partial charge in [-0.1, -0.05) is 0 Å². The number of rotatable bonds is 7. The molecule has 0 radical (unpaired) electrons. The molecule has 0 saturated carbocycles. The minimum atomic E-state index is -0.531. The van der Waals surface area contributed by atoms with Crippen molar-refractivity contribution in [3.63, 3.8) is 0 Å². The third kappa shape index (κ3) is 4.17. The van der Waals surface area contributed by atoms with Crippen molar-refractivity contribution in [2.45, 2.75) is 26.0 Å². The van der Waals surface area contributed by atoms with Gasteiger partial charge in [-0.05, 0) is 38.1 Å². The molecular weight excluding hydrogens is 292 g/mol. The van der Waals surface area contributed by atoms with E-state index in [0.29, 0.717) is 18.7 Å². The first-order valence-corrected chi connectivity index (χ1v) is 7.52. The van der Waals surface area contributed by atoms with Crippen LogP contribution in [-0.2, 0) is 4.74 Å². The van der Waals surface area contributed by atoms with Gasteiger partial charge in [0.25, 0.3) is 0 Å². The second-order valence-corrected chi connectivity index (χ2v) is 5.49. The van der Waals surface area contributed by atoms with Gasteiger partial charge in [-0.25, -0.2) is 4.68 Å². The molecule has 1 aromatic heterocycles. The van der Waals surface area contributed by atoms with Crippen LogP contribution in [0, 0.1) is 18.3 Å². The van der Waals surface area contributed by atoms with Gasteiger partial charge in [0.05, 0.1) is 36.2 Å². The lowest BCUT2D eigenvalue weighted by molar-refractivity contribution is 0.0630. The van der Waals surface area contributed by atoms with Crippen molar-refractivity contribution < 1.29 is 9.84 Å². The largest absolute Gasteiger partial charge is 0.389 e. The predicted octanol–water partition coefficient (Wildman–Crippen LogP) is 1.71. The first-order valence-electron chi connectivity index (χ1n) is 7.52. The number of aliphatic hydroxyl groups is 1. The average Bonchev–Trinajstić information content (AvgIpc) is 2.94. The van der Waals surface area contributed by atoms with Crippen molar-refractivity contribution in [2.75, 3.05) is 20.3 Å². The van der Waals surface area contributed by atoms with Crippen LogP contribution in [0.5, 0.6) is 0 Å². The minimum absolute atomic E-state index is 0.0636. The number of hydrogen-bond acceptors (Lipinski definition) is 5. The van der Waals surface area contributed by atoms with Gasteiger partial charge in [-0.2, -0.15) is 10.4 Å². The molecule has 2 aromatic rings. The number of benzene rings is 1. The molecule has 23 heavy (non-hydrogen) atoms. The van der Waals surface area contributed by atoms with Gasteiger partial charge in [0, 0.05) is 31.0 Å². The van der Waals surface area contributed by atoms with Gasteiger partial charge in [0.15, 0.2) is 0 Å². The molecule has 6 heteroatoms. The fraction of sp³-hybridized carbons (Fsp3) is 0.412. The number of aromatic nitrogens is 2. The number of ether oxygens (including phenoxy) is 1. The van der Waals surface area contributed by atoms with E-state index in [4.69, 9.17) is 10.00 Å². The first kappa shape index (κ1) is 17.2. The maximum Gasteiger partial charge on any atom is 0.0991 e. The fourth-order valence-corrected chi connectivity index (χ4v) is 2.46. The zero-order valence-corrected chi connectivity index (χ0v) is 13.7. The van der Waals surface area contributed by atoms with Crippen LogP contribution in [0.25, 0.3) is 5.69 Å². The molecule has 0 aliphatic rings. The molecule has 0 fully saturated rings. The van der Waals surface area contributed by atoms with E-state index in [0.717, 1.165) is 16.9 Å². The van der Waals surface area contributed by atoms with Crippen LogP contribution in [0.15, 0.2) is 30.5 Å². The van der Waals surface area contributed by atoms with Crippen LogP contribution in [-0.4, -0.2) is 41.3 Å². The van der Waals surface area contributed by atoms with Crippen LogP contribution in [0.4, 0.5) is 0 Å². The molecule has 2 N–H and O–H groups in total. The average molecular weight is 314 g/mol. The van der Waals surface area contributed by atoms with Gasteiger partial charge in [-0.3, -0.25) is 0 Å². The number of methoxy groups -OCH3 is 1. The Bertz CT molecular complexity index is 673. The zero-order valence-electron chi connectivity index (χ0n) is 13.7. The van der Waals surface area contributed by atoms with Crippen LogP contribution in [0.3, 0.4) is 0 Å². The van der Waals surface area contributed by atoms with Crippen molar-refractivity contribution in [2.24, 2.45) is 0 Å². The van der Waals surface area contributed by atoms with Crippen LogP contribution in [0.2, 0.25) is 0 Å². The summed E-state index contributed by atoms with van der Waals surface area (Å²) in [4.78, 5) is 0. The third-order valence-corrected chi connectivity index (χ3v) is 3.77. The van der Waals surface area contributed by atoms with Gasteiger partial charge in [0.2, 0.25) is 0 Å². The van der Waals surface area contributed by atoms with E-state index in [1.54, 1.807) is 19.2 Å². The van der Waals surface area contributed by atoms with E-state index >= 15 is 0 Å². The predicted molar refractivity (Wildman–Crippen MR) is 87.3 cm³/mol. The summed E-state index contributed by atoms with van der Waals surface area (Å²) in [6.07, 6.45) is 1.30. The molecule has 6 nitrogen and oxygen atoms in total. The summed E-state index contributed by atoms with van der Waals surface area (Å²) < 4.78 is 6.76. The molecule has 0 aliphatic carbocycles. The smallest absolute Gasteiger partial charge is 0.0991 e. The molecule has 1 heterocycles. The van der Waals surface area contributed by atoms with Crippen molar-refractivity contribution in [3.8, 4) is 11.8 Å². The molecule has 0 amide bonds. The van der Waals surface area contributed by atoms with Gasteiger partial charge >= 0.3 is 0 Å². The van der Waals surface area contributed by atoms with E-state index in [1.165, 1.54) is 0 Å². The van der Waals surface area contributed by atoms with Gasteiger partial charge in [0.1, 0.15) is 0 Å². The lowest BCUT2D eigenvalue weighted by Gasteiger charge is -2.17. The summed E-state index contributed by atoms with van der Waals surface area (Å²) in [6, 6.07) is 9.48. The minimum Gasteiger partial charge on any atom is -0.389 e. The second kappa shape index (κ2) is 7.88. The highest BCUT2D eigenvalue weighted by Crippen LogP contribution is 2.20. The number of nitrogens with zero attached hydrogens (tertiary/aromatic N) is 3. The van der Waals surface area contributed by atoms with Gasteiger partial charge in [-0.15, -0.1) is 0 Å². The quantitative estimate of drug-likeness (QED) is 0.813. The molecule has 2 atom stereocenters. The van der Waals surface area contributed by atoms with Crippen molar-refractivity contribution >= 4 is 0 Å². The normalized spacial score (nSPS) is 13.5. The highest BCUT2D eigenvalue weighted by Gasteiger charge is 2.15. The number of aliphatic hydroxyl groups excluding tert-OH is 1. The van der Waals surface area contributed by atoms with Crippen molar-refractivity contribution in [1.29, 1.82) is 5.26 Å². The number of hydrogen-bond donors (Lipinski definition) is 2. The summed E-state index contributed by atoms with van der Waals surface area (Å²) in [7, 11) is 1.57. The molecule has 122 valence electrons. The van der Waals surface area contributed by atoms with Crippen LogP contribution < -0.4 is 5.32 Å². The van der Waals surface area contributed by atoms with Crippen molar-refractivity contribution in [1.82, 2.24) is 15.1 Å². The van der Waals surface area contributed by atoms with Crippen LogP contribution in [0.1, 0.15) is 29.8 Å². The summed E-state index contributed by atoms with van der Waals surface area (Å²) in [5.41, 5.74) is 3.63. The summed E-state index contributed by atoms with van der Waals surface area (Å²) >= 11 is 0. The Morgan fingerprint density at radius 3 is 2.70 bits per heavy atom. The first-order chi connectivity index (χ1) is 11.1. The molecular formula is C17H22N4O2. The van der Waals surface area contributed by atoms with E-state index in [-0.39, 0.29) is 6.04 Å². The van der Waals surface area contributed by atoms with E-state index < -0.39 is 6.10 Å². The van der Waals surface area contributed by atoms with Crippen LogP contribution >= 0.6 is 0 Å². The Morgan fingerprint density at radius 1 is 1.39 bits per heavy atom. The SMILES string of the molecule is COCC(O)CNC(C)c1cnn(-c2ccc(C#N)cc2)c1C. The fourth-order valence-electron chi connectivity index (χ4n) is 2.46. The molecule has 0 bridgehead atoms. The standard InChI is InChI=1S/C17H22N4O2/c1-12(19-9-16(22)11-23-3)17-10-20-21(13(17)2)15-6-4-14(8-18)5-7-15/h4-7,10,12,16,19,22H,9,11H2,1-3H3. The Labute approximate surface area is 136 Å². The molecule has 2 rings (SSSR count). The maximum atomic E-state index is 9.71. The molecule has 0 spiro atoms. The number of nitrogens with one attached hydrogen (secondary N) is 1. The Kier molecular flexibility index (Phi) is 5.88. The van der Waals surface area contributed by atoms with Gasteiger partial charge < -0.3 is 15.2 Å². The number of nitriles is 1. The lowest BCUT2D eigenvalue weighted by Crippen LogP contribution is -2.32. The maximum absolute atomic E-state index is 9.71. The highest BCUT2D eigenvalue weighted by molar-refractivity contribution is 5.40.